The number of carboxylic acids is 2. The highest BCUT2D eigenvalue weighted by molar-refractivity contribution is 5.89. The number of rotatable bonds is 7. The van der Waals surface area contributed by atoms with Gasteiger partial charge in [-0.1, -0.05) is 42.5 Å². The molecule has 4 rings (SSSR count). The number of fused-ring (bicyclic) bond motifs is 2. The Morgan fingerprint density at radius 1 is 0.886 bits per heavy atom. The number of esters is 1. The van der Waals surface area contributed by atoms with Gasteiger partial charge in [-0.25, -0.2) is 14.4 Å². The molecule has 0 spiro atoms. The van der Waals surface area contributed by atoms with E-state index in [0.29, 0.717) is 30.0 Å². The van der Waals surface area contributed by atoms with Gasteiger partial charge >= 0.3 is 17.9 Å². The molecule has 186 valence electrons. The fraction of sp³-hybridized carbons (Fsp3) is 0.370. The van der Waals surface area contributed by atoms with Crippen LogP contribution in [0.3, 0.4) is 0 Å². The van der Waals surface area contributed by atoms with Crippen molar-refractivity contribution in [2.45, 2.75) is 56.9 Å². The highest BCUT2D eigenvalue weighted by Gasteiger charge is 2.40. The van der Waals surface area contributed by atoms with Crippen LogP contribution in [0.15, 0.2) is 66.7 Å². The van der Waals surface area contributed by atoms with E-state index in [4.69, 9.17) is 19.7 Å². The molecule has 0 aromatic heterocycles. The lowest BCUT2D eigenvalue weighted by Gasteiger charge is -2.36. The van der Waals surface area contributed by atoms with E-state index >= 15 is 0 Å². The van der Waals surface area contributed by atoms with Crippen molar-refractivity contribution in [1.29, 1.82) is 0 Å². The van der Waals surface area contributed by atoms with E-state index in [2.05, 4.69) is 24.1 Å². The normalized spacial score (nSPS) is 22.1. The van der Waals surface area contributed by atoms with Crippen molar-refractivity contribution < 1.29 is 34.1 Å². The highest BCUT2D eigenvalue weighted by atomic mass is 16.6. The lowest BCUT2D eigenvalue weighted by molar-refractivity contribution is -0.160. The quantitative estimate of drug-likeness (QED) is 0.451. The standard InChI is InChI=1S/C23H27NO3.C4H4O4/c1-16(23(25)27-22-14-19-10-11-20(15-22)24(19)2)26-21-12-8-18(9-13-21)17-6-4-3-5-7-17;5-3(6)1-2-4(7)8/h3-9,12-13,16,19-20,22H,10-11,14-15H2,1-2H3;1-2H,(H,5,6)(H,7,8)/b;2-1-. The molecule has 2 N–H and O–H groups in total. The van der Waals surface area contributed by atoms with Crippen molar-refractivity contribution >= 4 is 17.9 Å². The van der Waals surface area contributed by atoms with E-state index in [1.807, 2.05) is 42.5 Å². The van der Waals surface area contributed by atoms with Gasteiger partial charge in [0, 0.05) is 24.2 Å². The molecule has 0 radical (unpaired) electrons. The van der Waals surface area contributed by atoms with Crippen LogP contribution in [0.4, 0.5) is 0 Å². The molecular weight excluding hydrogens is 450 g/mol. The van der Waals surface area contributed by atoms with Gasteiger partial charge in [-0.3, -0.25) is 0 Å². The molecule has 2 aliphatic rings. The third-order valence-electron chi connectivity index (χ3n) is 6.31. The van der Waals surface area contributed by atoms with Crippen LogP contribution in [-0.2, 0) is 19.1 Å². The predicted molar refractivity (Wildman–Crippen MR) is 130 cm³/mol. The molecule has 0 amide bonds. The molecule has 3 atom stereocenters. The molecule has 2 aliphatic heterocycles. The minimum Gasteiger partial charge on any atom is -0.479 e. The third-order valence-corrected chi connectivity index (χ3v) is 6.31. The number of carboxylic acid groups (broad SMARTS) is 2. The van der Waals surface area contributed by atoms with E-state index in [9.17, 15) is 14.4 Å². The van der Waals surface area contributed by atoms with Crippen LogP contribution in [0.5, 0.6) is 5.75 Å². The summed E-state index contributed by atoms with van der Waals surface area (Å²) in [6.45, 7) is 1.76. The van der Waals surface area contributed by atoms with Gasteiger partial charge in [0.1, 0.15) is 11.9 Å². The second-order valence-electron chi connectivity index (χ2n) is 8.74. The Balaban J connectivity index is 0.000000371. The number of nitrogens with zero attached hydrogens (tertiary/aromatic N) is 1. The molecule has 2 saturated heterocycles. The summed E-state index contributed by atoms with van der Waals surface area (Å²) in [5.74, 6) is -2.10. The Hall–Kier alpha value is -3.65. The van der Waals surface area contributed by atoms with E-state index in [1.165, 1.54) is 12.8 Å². The predicted octanol–water partition coefficient (Wildman–Crippen LogP) is 4.00. The first kappa shape index (κ1) is 26.0. The maximum Gasteiger partial charge on any atom is 0.347 e. The maximum absolute atomic E-state index is 12.5. The van der Waals surface area contributed by atoms with Crippen molar-refractivity contribution in [2.24, 2.45) is 0 Å². The lowest BCUT2D eigenvalue weighted by atomic mass is 10.0. The summed E-state index contributed by atoms with van der Waals surface area (Å²) >= 11 is 0. The minimum atomic E-state index is -1.26. The van der Waals surface area contributed by atoms with Gasteiger partial charge in [-0.2, -0.15) is 0 Å². The Morgan fingerprint density at radius 2 is 1.40 bits per heavy atom. The van der Waals surface area contributed by atoms with Crippen LogP contribution in [0.1, 0.15) is 32.6 Å². The van der Waals surface area contributed by atoms with Crippen LogP contribution in [0.2, 0.25) is 0 Å². The van der Waals surface area contributed by atoms with Crippen LogP contribution in [-0.4, -0.2) is 64.4 Å². The van der Waals surface area contributed by atoms with Gasteiger partial charge < -0.3 is 24.6 Å². The maximum atomic E-state index is 12.5. The molecule has 0 saturated carbocycles. The number of aliphatic carboxylic acids is 2. The molecule has 2 aromatic rings. The van der Waals surface area contributed by atoms with E-state index in [0.717, 1.165) is 24.0 Å². The second-order valence-corrected chi connectivity index (χ2v) is 8.74. The van der Waals surface area contributed by atoms with E-state index < -0.39 is 18.0 Å². The van der Waals surface area contributed by atoms with Crippen LogP contribution < -0.4 is 4.74 Å². The number of carbonyl (C=O) groups is 3. The molecule has 8 heteroatoms. The number of benzene rings is 2. The molecule has 2 heterocycles. The highest BCUT2D eigenvalue weighted by Crippen LogP contribution is 2.35. The first-order chi connectivity index (χ1) is 16.7. The van der Waals surface area contributed by atoms with Crippen LogP contribution in [0, 0.1) is 0 Å². The second kappa shape index (κ2) is 12.2. The fourth-order valence-electron chi connectivity index (χ4n) is 4.47. The van der Waals surface area contributed by atoms with Crippen LogP contribution in [0.25, 0.3) is 11.1 Å². The third kappa shape index (κ3) is 7.68. The molecule has 8 nitrogen and oxygen atoms in total. The van der Waals surface area contributed by atoms with Crippen molar-refractivity contribution in [1.82, 2.24) is 4.90 Å². The zero-order chi connectivity index (χ0) is 25.4. The monoisotopic (exact) mass is 481 g/mol. The number of piperidine rings is 1. The smallest absolute Gasteiger partial charge is 0.347 e. The number of ether oxygens (including phenoxy) is 2. The Labute approximate surface area is 204 Å². The molecule has 2 bridgehead atoms. The van der Waals surface area contributed by atoms with Crippen LogP contribution >= 0.6 is 0 Å². The Morgan fingerprint density at radius 3 is 1.91 bits per heavy atom. The van der Waals surface area contributed by atoms with Crippen molar-refractivity contribution in [3.8, 4) is 16.9 Å². The first-order valence-corrected chi connectivity index (χ1v) is 11.6. The summed E-state index contributed by atoms with van der Waals surface area (Å²) < 4.78 is 11.6. The summed E-state index contributed by atoms with van der Waals surface area (Å²) in [4.78, 5) is 34.0. The molecular formula is C27H31NO7. The number of hydrogen-bond acceptors (Lipinski definition) is 6. The summed E-state index contributed by atoms with van der Waals surface area (Å²) in [5.41, 5.74) is 2.29. The lowest BCUT2D eigenvalue weighted by Crippen LogP contribution is -2.44. The van der Waals surface area contributed by atoms with Gasteiger partial charge in [-0.15, -0.1) is 0 Å². The summed E-state index contributed by atoms with van der Waals surface area (Å²) in [7, 11) is 2.19. The van der Waals surface area contributed by atoms with Crippen molar-refractivity contribution in [2.75, 3.05) is 7.05 Å². The topological polar surface area (TPSA) is 113 Å². The Bertz CT molecular complexity index is 1010. The number of carbonyl (C=O) groups excluding carboxylic acids is 1. The SMILES string of the molecule is CC(Oc1ccc(-c2ccccc2)cc1)C(=O)OC1CC2CCC(C1)N2C.O=C(O)/C=C\C(=O)O. The molecule has 3 unspecified atom stereocenters. The van der Waals surface area contributed by atoms with Gasteiger partial charge in [0.15, 0.2) is 6.10 Å². The van der Waals surface area contributed by atoms with Crippen molar-refractivity contribution in [3.63, 3.8) is 0 Å². The van der Waals surface area contributed by atoms with Gasteiger partial charge in [0.2, 0.25) is 0 Å². The average molecular weight is 482 g/mol. The van der Waals surface area contributed by atoms with Gasteiger partial charge in [0.25, 0.3) is 0 Å². The minimum absolute atomic E-state index is 0.0257. The zero-order valence-corrected chi connectivity index (χ0v) is 19.9. The number of hydrogen-bond donors (Lipinski definition) is 2. The molecule has 2 fully saturated rings. The largest absolute Gasteiger partial charge is 0.479 e. The summed E-state index contributed by atoms with van der Waals surface area (Å²) in [6, 6.07) is 19.1. The molecule has 2 aromatic carbocycles. The first-order valence-electron chi connectivity index (χ1n) is 11.6. The summed E-state index contributed by atoms with van der Waals surface area (Å²) in [6.07, 6.45) is 4.85. The van der Waals surface area contributed by atoms with Gasteiger partial charge in [0.05, 0.1) is 0 Å². The van der Waals surface area contributed by atoms with E-state index in [-0.39, 0.29) is 12.1 Å². The zero-order valence-electron chi connectivity index (χ0n) is 19.9. The van der Waals surface area contributed by atoms with Gasteiger partial charge in [-0.05, 0) is 62.9 Å². The average Bonchev–Trinajstić information content (AvgIpc) is 3.04. The fourth-order valence-corrected chi connectivity index (χ4v) is 4.47. The molecule has 35 heavy (non-hydrogen) atoms. The van der Waals surface area contributed by atoms with Crippen molar-refractivity contribution in [3.05, 3.63) is 66.7 Å². The Kier molecular flexibility index (Phi) is 9.03. The van der Waals surface area contributed by atoms with E-state index in [1.54, 1.807) is 6.92 Å². The summed E-state index contributed by atoms with van der Waals surface area (Å²) in [5, 5.41) is 15.6. The molecule has 0 aliphatic carbocycles.